The number of amides is 1. The van der Waals surface area contributed by atoms with E-state index in [0.29, 0.717) is 23.1 Å². The van der Waals surface area contributed by atoms with E-state index in [2.05, 4.69) is 5.32 Å². The second-order valence-corrected chi connectivity index (χ2v) is 5.89. The van der Waals surface area contributed by atoms with Crippen molar-refractivity contribution in [3.8, 4) is 0 Å². The Morgan fingerprint density at radius 1 is 1.30 bits per heavy atom. The Bertz CT molecular complexity index is 558. The first-order chi connectivity index (χ1) is 9.58. The summed E-state index contributed by atoms with van der Waals surface area (Å²) >= 11 is 0. The fourth-order valence-corrected chi connectivity index (χ4v) is 3.49. The summed E-state index contributed by atoms with van der Waals surface area (Å²) in [6.45, 7) is 1.69. The van der Waals surface area contributed by atoms with Crippen molar-refractivity contribution in [1.29, 1.82) is 0 Å². The third kappa shape index (κ3) is 2.28. The molecule has 20 heavy (non-hydrogen) atoms. The Balaban J connectivity index is 1.70. The standard InChI is InChI=1S/C15H18N2O3/c1-9-6-7-10(8-13(9)17(19)20)16-15(18)14-11-4-2-3-5-12(11)14/h6-8,11-12,14H,2-5H2,1H3,(H,16,18)/t11-,12-/m1/s1. The molecule has 5 nitrogen and oxygen atoms in total. The van der Waals surface area contributed by atoms with Crippen LogP contribution in [0.4, 0.5) is 11.4 Å². The number of hydrogen-bond acceptors (Lipinski definition) is 3. The minimum absolute atomic E-state index is 0.0278. The number of hydrogen-bond donors (Lipinski definition) is 1. The highest BCUT2D eigenvalue weighted by Gasteiger charge is 2.54. The number of carbonyl (C=O) groups is 1. The lowest BCUT2D eigenvalue weighted by molar-refractivity contribution is -0.385. The van der Waals surface area contributed by atoms with Crippen molar-refractivity contribution in [1.82, 2.24) is 0 Å². The van der Waals surface area contributed by atoms with Gasteiger partial charge in [0.2, 0.25) is 5.91 Å². The molecule has 2 saturated carbocycles. The molecule has 5 heteroatoms. The lowest BCUT2D eigenvalue weighted by Crippen LogP contribution is -2.15. The summed E-state index contributed by atoms with van der Waals surface area (Å²) in [4.78, 5) is 22.7. The number of anilines is 1. The third-order valence-electron chi connectivity index (χ3n) is 4.63. The van der Waals surface area contributed by atoms with Gasteiger partial charge in [0.1, 0.15) is 0 Å². The van der Waals surface area contributed by atoms with Gasteiger partial charge in [0.25, 0.3) is 5.69 Å². The topological polar surface area (TPSA) is 72.2 Å². The fraction of sp³-hybridized carbons (Fsp3) is 0.533. The van der Waals surface area contributed by atoms with E-state index in [1.807, 2.05) is 0 Å². The van der Waals surface area contributed by atoms with Gasteiger partial charge >= 0.3 is 0 Å². The van der Waals surface area contributed by atoms with Crippen LogP contribution in [0, 0.1) is 34.8 Å². The molecule has 0 aromatic heterocycles. The molecule has 2 aliphatic carbocycles. The van der Waals surface area contributed by atoms with Crippen molar-refractivity contribution in [2.24, 2.45) is 17.8 Å². The van der Waals surface area contributed by atoms with E-state index in [1.54, 1.807) is 19.1 Å². The minimum Gasteiger partial charge on any atom is -0.326 e. The Labute approximate surface area is 117 Å². The molecule has 3 rings (SSSR count). The number of nitrogens with one attached hydrogen (secondary N) is 1. The number of nitrogens with zero attached hydrogens (tertiary/aromatic N) is 1. The van der Waals surface area contributed by atoms with Crippen LogP contribution < -0.4 is 5.32 Å². The van der Waals surface area contributed by atoms with Crippen molar-refractivity contribution in [3.63, 3.8) is 0 Å². The van der Waals surface area contributed by atoms with Gasteiger partial charge in [0, 0.05) is 23.2 Å². The molecule has 0 radical (unpaired) electrons. The molecule has 0 spiro atoms. The summed E-state index contributed by atoms with van der Waals surface area (Å²) in [5.41, 5.74) is 1.18. The van der Waals surface area contributed by atoms with Crippen LogP contribution in [0.15, 0.2) is 18.2 Å². The van der Waals surface area contributed by atoms with Crippen molar-refractivity contribution in [2.45, 2.75) is 32.6 Å². The SMILES string of the molecule is Cc1ccc(NC(=O)C2[C@@H]3CCCC[C@@H]23)cc1[N+](=O)[O-]. The van der Waals surface area contributed by atoms with Gasteiger partial charge in [0.15, 0.2) is 0 Å². The van der Waals surface area contributed by atoms with Crippen LogP contribution in [-0.2, 0) is 4.79 Å². The van der Waals surface area contributed by atoms with E-state index in [0.717, 1.165) is 12.8 Å². The third-order valence-corrected chi connectivity index (χ3v) is 4.63. The average Bonchev–Trinajstić information content (AvgIpc) is 3.15. The van der Waals surface area contributed by atoms with Crippen LogP contribution in [0.25, 0.3) is 0 Å². The average molecular weight is 274 g/mol. The van der Waals surface area contributed by atoms with E-state index in [9.17, 15) is 14.9 Å². The normalized spacial score (nSPS) is 27.6. The lowest BCUT2D eigenvalue weighted by Gasteiger charge is -2.06. The summed E-state index contributed by atoms with van der Waals surface area (Å²) in [5.74, 6) is 1.24. The van der Waals surface area contributed by atoms with E-state index in [1.165, 1.54) is 18.9 Å². The Morgan fingerprint density at radius 2 is 1.95 bits per heavy atom. The summed E-state index contributed by atoms with van der Waals surface area (Å²) in [7, 11) is 0. The zero-order chi connectivity index (χ0) is 14.3. The lowest BCUT2D eigenvalue weighted by atomic mass is 10.0. The monoisotopic (exact) mass is 274 g/mol. The highest BCUT2D eigenvalue weighted by Crippen LogP contribution is 2.55. The maximum atomic E-state index is 12.2. The summed E-state index contributed by atoms with van der Waals surface area (Å²) in [6, 6.07) is 4.85. The molecule has 1 amide bonds. The molecule has 0 bridgehead atoms. The quantitative estimate of drug-likeness (QED) is 0.679. The van der Waals surface area contributed by atoms with Crippen molar-refractivity contribution >= 4 is 17.3 Å². The number of fused-ring (bicyclic) bond motifs is 1. The van der Waals surface area contributed by atoms with E-state index >= 15 is 0 Å². The van der Waals surface area contributed by atoms with Crippen molar-refractivity contribution in [2.75, 3.05) is 5.32 Å². The number of nitro benzene ring substituents is 1. The Morgan fingerprint density at radius 3 is 2.55 bits per heavy atom. The van der Waals surface area contributed by atoms with Gasteiger partial charge < -0.3 is 5.32 Å². The first-order valence-electron chi connectivity index (χ1n) is 7.14. The van der Waals surface area contributed by atoms with Gasteiger partial charge in [0.05, 0.1) is 4.92 Å². The number of carbonyl (C=O) groups excluding carboxylic acids is 1. The predicted molar refractivity (Wildman–Crippen MR) is 75.4 cm³/mol. The van der Waals surface area contributed by atoms with Crippen LogP contribution >= 0.6 is 0 Å². The van der Waals surface area contributed by atoms with E-state index in [4.69, 9.17) is 0 Å². The van der Waals surface area contributed by atoms with E-state index in [-0.39, 0.29) is 17.5 Å². The minimum atomic E-state index is -0.415. The number of benzene rings is 1. The Hall–Kier alpha value is -1.91. The highest BCUT2D eigenvalue weighted by atomic mass is 16.6. The summed E-state index contributed by atoms with van der Waals surface area (Å²) in [5, 5.41) is 13.7. The zero-order valence-corrected chi connectivity index (χ0v) is 11.5. The van der Waals surface area contributed by atoms with Gasteiger partial charge in [-0.1, -0.05) is 18.9 Å². The first kappa shape index (κ1) is 13.1. The maximum absolute atomic E-state index is 12.2. The van der Waals surface area contributed by atoms with Crippen LogP contribution in [0.1, 0.15) is 31.2 Å². The van der Waals surface area contributed by atoms with Gasteiger partial charge in [-0.05, 0) is 37.7 Å². The molecular weight excluding hydrogens is 256 g/mol. The molecular formula is C15H18N2O3. The van der Waals surface area contributed by atoms with Gasteiger partial charge in [-0.2, -0.15) is 0 Å². The van der Waals surface area contributed by atoms with Crippen LogP contribution in [0.5, 0.6) is 0 Å². The number of aryl methyl sites for hydroxylation is 1. The molecule has 0 saturated heterocycles. The highest BCUT2D eigenvalue weighted by molar-refractivity contribution is 5.95. The van der Waals surface area contributed by atoms with E-state index < -0.39 is 4.92 Å². The molecule has 1 aromatic rings. The first-order valence-corrected chi connectivity index (χ1v) is 7.14. The molecule has 1 aromatic carbocycles. The zero-order valence-electron chi connectivity index (χ0n) is 11.5. The second-order valence-electron chi connectivity index (χ2n) is 5.89. The molecule has 0 unspecified atom stereocenters. The second kappa shape index (κ2) is 4.89. The van der Waals surface area contributed by atoms with Crippen molar-refractivity contribution < 1.29 is 9.72 Å². The van der Waals surface area contributed by atoms with Crippen LogP contribution in [0.3, 0.4) is 0 Å². The Kier molecular flexibility index (Phi) is 3.20. The summed E-state index contributed by atoms with van der Waals surface area (Å²) < 4.78 is 0. The smallest absolute Gasteiger partial charge is 0.274 e. The molecule has 2 fully saturated rings. The number of rotatable bonds is 3. The van der Waals surface area contributed by atoms with Crippen molar-refractivity contribution in [3.05, 3.63) is 33.9 Å². The molecule has 2 atom stereocenters. The molecule has 0 heterocycles. The molecule has 106 valence electrons. The van der Waals surface area contributed by atoms with Gasteiger partial charge in [-0.15, -0.1) is 0 Å². The fourth-order valence-electron chi connectivity index (χ4n) is 3.49. The predicted octanol–water partition coefficient (Wildman–Crippen LogP) is 3.28. The maximum Gasteiger partial charge on any atom is 0.274 e. The molecule has 1 N–H and O–H groups in total. The van der Waals surface area contributed by atoms with Crippen LogP contribution in [0.2, 0.25) is 0 Å². The largest absolute Gasteiger partial charge is 0.326 e. The summed E-state index contributed by atoms with van der Waals surface area (Å²) in [6.07, 6.45) is 4.75. The van der Waals surface area contributed by atoms with Gasteiger partial charge in [-0.3, -0.25) is 14.9 Å². The van der Waals surface area contributed by atoms with Gasteiger partial charge in [-0.25, -0.2) is 0 Å². The van der Waals surface area contributed by atoms with Crippen LogP contribution in [-0.4, -0.2) is 10.8 Å². The number of nitro groups is 1. The molecule has 0 aliphatic heterocycles. The molecule has 2 aliphatic rings.